The van der Waals surface area contributed by atoms with Gasteiger partial charge in [0, 0.05) is 50.9 Å². The molecule has 2 aliphatic rings. The number of nitrogens with one attached hydrogen (secondary N) is 2. The monoisotopic (exact) mass is 277 g/mol. The molecule has 2 N–H and O–H groups in total. The first-order valence-electron chi connectivity index (χ1n) is 7.47. The molecule has 1 aromatic heterocycles. The topological polar surface area (TPSA) is 64.3 Å². The minimum atomic E-state index is -0.0673. The van der Waals surface area contributed by atoms with E-state index < -0.39 is 0 Å². The standard InChI is InChI=1S/C14H23N5O/c1-18-6-8-19(9-7-18)5-4-15-14(20)13-10-12(16-17-13)11-2-3-11/h10-11H,2-9H2,1H3,(H,15,20)(H,16,17). The van der Waals surface area contributed by atoms with Crippen LogP contribution in [0.25, 0.3) is 0 Å². The summed E-state index contributed by atoms with van der Waals surface area (Å²) in [6, 6.07) is 1.89. The Bertz CT molecular complexity index is 460. The van der Waals surface area contributed by atoms with Gasteiger partial charge in [0.05, 0.1) is 0 Å². The first kappa shape index (κ1) is 13.6. The smallest absolute Gasteiger partial charge is 0.271 e. The quantitative estimate of drug-likeness (QED) is 0.810. The van der Waals surface area contributed by atoms with Gasteiger partial charge in [0.2, 0.25) is 0 Å². The van der Waals surface area contributed by atoms with Crippen LogP contribution in [0.15, 0.2) is 6.07 Å². The zero-order chi connectivity index (χ0) is 13.9. The van der Waals surface area contributed by atoms with Gasteiger partial charge in [-0.05, 0) is 26.0 Å². The summed E-state index contributed by atoms with van der Waals surface area (Å²) in [6.45, 7) is 5.99. The van der Waals surface area contributed by atoms with Crippen LogP contribution in [0.5, 0.6) is 0 Å². The number of hydrogen-bond donors (Lipinski definition) is 2. The molecule has 1 saturated heterocycles. The lowest BCUT2D eigenvalue weighted by Crippen LogP contribution is -2.46. The number of amides is 1. The maximum Gasteiger partial charge on any atom is 0.271 e. The Kier molecular flexibility index (Phi) is 4.03. The highest BCUT2D eigenvalue weighted by Gasteiger charge is 2.26. The number of likely N-dealkylation sites (N-methyl/N-ethyl adjacent to an activating group) is 1. The van der Waals surface area contributed by atoms with Crippen molar-refractivity contribution in [3.63, 3.8) is 0 Å². The average Bonchev–Trinajstić information content (AvgIpc) is 3.18. The molecular weight excluding hydrogens is 254 g/mol. The van der Waals surface area contributed by atoms with Crippen LogP contribution in [0.4, 0.5) is 0 Å². The number of carbonyl (C=O) groups is 1. The summed E-state index contributed by atoms with van der Waals surface area (Å²) >= 11 is 0. The van der Waals surface area contributed by atoms with Crippen LogP contribution in [0.3, 0.4) is 0 Å². The summed E-state index contributed by atoms with van der Waals surface area (Å²) in [6.07, 6.45) is 2.43. The van der Waals surface area contributed by atoms with Gasteiger partial charge in [-0.1, -0.05) is 0 Å². The first-order chi connectivity index (χ1) is 9.72. The van der Waals surface area contributed by atoms with Gasteiger partial charge in [0.15, 0.2) is 0 Å². The van der Waals surface area contributed by atoms with E-state index in [0.717, 1.165) is 38.4 Å². The molecule has 1 aliphatic carbocycles. The molecule has 0 atom stereocenters. The van der Waals surface area contributed by atoms with Crippen molar-refractivity contribution >= 4 is 5.91 Å². The summed E-state index contributed by atoms with van der Waals surface area (Å²) in [4.78, 5) is 16.7. The summed E-state index contributed by atoms with van der Waals surface area (Å²) in [5.41, 5.74) is 1.62. The Morgan fingerprint density at radius 1 is 1.40 bits per heavy atom. The molecular formula is C14H23N5O. The lowest BCUT2D eigenvalue weighted by atomic mass is 10.2. The normalized spacial score (nSPS) is 21.1. The third-order valence-electron chi connectivity index (χ3n) is 4.16. The second-order valence-electron chi connectivity index (χ2n) is 5.88. The molecule has 3 rings (SSSR count). The number of aromatic amines is 1. The van der Waals surface area contributed by atoms with Crippen molar-refractivity contribution in [1.29, 1.82) is 0 Å². The van der Waals surface area contributed by atoms with E-state index >= 15 is 0 Å². The minimum Gasteiger partial charge on any atom is -0.349 e. The molecule has 1 aromatic rings. The highest BCUT2D eigenvalue weighted by molar-refractivity contribution is 5.92. The zero-order valence-corrected chi connectivity index (χ0v) is 12.1. The third-order valence-corrected chi connectivity index (χ3v) is 4.16. The molecule has 0 radical (unpaired) electrons. The number of nitrogens with zero attached hydrogens (tertiary/aromatic N) is 3. The summed E-state index contributed by atoms with van der Waals surface area (Å²) in [7, 11) is 2.15. The number of piperazine rings is 1. The van der Waals surface area contributed by atoms with Crippen molar-refractivity contribution < 1.29 is 4.79 Å². The molecule has 6 heteroatoms. The third kappa shape index (κ3) is 3.37. The van der Waals surface area contributed by atoms with E-state index in [2.05, 4.69) is 32.4 Å². The van der Waals surface area contributed by atoms with Crippen LogP contribution in [0.1, 0.15) is 34.9 Å². The second kappa shape index (κ2) is 5.93. The van der Waals surface area contributed by atoms with Crippen LogP contribution < -0.4 is 5.32 Å². The van der Waals surface area contributed by atoms with Crippen LogP contribution in [-0.4, -0.2) is 72.2 Å². The molecule has 1 aliphatic heterocycles. The van der Waals surface area contributed by atoms with E-state index in [1.165, 1.54) is 12.8 Å². The largest absolute Gasteiger partial charge is 0.349 e. The minimum absolute atomic E-state index is 0.0673. The predicted molar refractivity (Wildman–Crippen MR) is 76.8 cm³/mol. The molecule has 110 valence electrons. The lowest BCUT2D eigenvalue weighted by molar-refractivity contribution is 0.0936. The fourth-order valence-electron chi connectivity index (χ4n) is 2.55. The molecule has 0 unspecified atom stereocenters. The Balaban J connectivity index is 1.40. The number of aromatic nitrogens is 2. The molecule has 0 spiro atoms. The fourth-order valence-corrected chi connectivity index (χ4v) is 2.55. The van der Waals surface area contributed by atoms with Crippen molar-refractivity contribution in [2.45, 2.75) is 18.8 Å². The van der Waals surface area contributed by atoms with Gasteiger partial charge in [0.25, 0.3) is 5.91 Å². The van der Waals surface area contributed by atoms with Crippen molar-refractivity contribution in [1.82, 2.24) is 25.3 Å². The molecule has 20 heavy (non-hydrogen) atoms. The summed E-state index contributed by atoms with van der Waals surface area (Å²) < 4.78 is 0. The predicted octanol–water partition coefficient (Wildman–Crippen LogP) is 0.264. The van der Waals surface area contributed by atoms with E-state index in [-0.39, 0.29) is 5.91 Å². The maximum atomic E-state index is 12.0. The number of rotatable bonds is 5. The Hall–Kier alpha value is -1.40. The van der Waals surface area contributed by atoms with Crippen LogP contribution >= 0.6 is 0 Å². The average molecular weight is 277 g/mol. The SMILES string of the molecule is CN1CCN(CCNC(=O)c2cc(C3CC3)[nH]n2)CC1. The molecule has 2 heterocycles. The van der Waals surface area contributed by atoms with Gasteiger partial charge < -0.3 is 10.2 Å². The van der Waals surface area contributed by atoms with Gasteiger partial charge >= 0.3 is 0 Å². The van der Waals surface area contributed by atoms with Gasteiger partial charge in [-0.2, -0.15) is 5.10 Å². The van der Waals surface area contributed by atoms with Gasteiger partial charge in [-0.15, -0.1) is 0 Å². The van der Waals surface area contributed by atoms with Crippen molar-refractivity contribution in [2.24, 2.45) is 0 Å². The summed E-state index contributed by atoms with van der Waals surface area (Å²) in [5.74, 6) is 0.539. The maximum absolute atomic E-state index is 12.0. The molecule has 2 fully saturated rings. The Morgan fingerprint density at radius 3 is 2.85 bits per heavy atom. The van der Waals surface area contributed by atoms with E-state index in [1.807, 2.05) is 6.07 Å². The van der Waals surface area contributed by atoms with E-state index in [9.17, 15) is 4.79 Å². The number of carbonyl (C=O) groups excluding carboxylic acids is 1. The lowest BCUT2D eigenvalue weighted by Gasteiger charge is -2.32. The second-order valence-corrected chi connectivity index (χ2v) is 5.88. The Labute approximate surface area is 119 Å². The van der Waals surface area contributed by atoms with Gasteiger partial charge in [0.1, 0.15) is 5.69 Å². The number of H-pyrrole nitrogens is 1. The van der Waals surface area contributed by atoms with Gasteiger partial charge in [-0.3, -0.25) is 14.8 Å². The van der Waals surface area contributed by atoms with E-state index in [1.54, 1.807) is 0 Å². The van der Waals surface area contributed by atoms with E-state index in [4.69, 9.17) is 0 Å². The van der Waals surface area contributed by atoms with Crippen molar-refractivity contribution in [2.75, 3.05) is 46.3 Å². The number of hydrogen-bond acceptors (Lipinski definition) is 4. The van der Waals surface area contributed by atoms with Gasteiger partial charge in [-0.25, -0.2) is 0 Å². The highest BCUT2D eigenvalue weighted by Crippen LogP contribution is 2.38. The molecule has 1 saturated carbocycles. The van der Waals surface area contributed by atoms with Crippen LogP contribution in [0.2, 0.25) is 0 Å². The van der Waals surface area contributed by atoms with Crippen molar-refractivity contribution in [3.8, 4) is 0 Å². The molecule has 6 nitrogen and oxygen atoms in total. The Morgan fingerprint density at radius 2 is 2.15 bits per heavy atom. The molecule has 0 bridgehead atoms. The fraction of sp³-hybridized carbons (Fsp3) is 0.714. The first-order valence-corrected chi connectivity index (χ1v) is 7.47. The molecule has 1 amide bonds. The van der Waals surface area contributed by atoms with Crippen molar-refractivity contribution in [3.05, 3.63) is 17.5 Å². The summed E-state index contributed by atoms with van der Waals surface area (Å²) in [5, 5.41) is 10.0. The van der Waals surface area contributed by atoms with Crippen LogP contribution in [-0.2, 0) is 0 Å². The van der Waals surface area contributed by atoms with E-state index in [0.29, 0.717) is 18.2 Å². The zero-order valence-electron chi connectivity index (χ0n) is 12.1. The highest BCUT2D eigenvalue weighted by atomic mass is 16.1. The molecule has 0 aromatic carbocycles. The van der Waals surface area contributed by atoms with Crippen LogP contribution in [0, 0.1) is 0 Å².